The number of hydrogen-bond acceptors (Lipinski definition) is 2. The van der Waals surface area contributed by atoms with Crippen LogP contribution in [0.2, 0.25) is 0 Å². The first-order valence-corrected chi connectivity index (χ1v) is 4.71. The zero-order valence-corrected chi connectivity index (χ0v) is 8.89. The van der Waals surface area contributed by atoms with Crippen LogP contribution in [-0.2, 0) is 9.53 Å². The van der Waals surface area contributed by atoms with E-state index in [0.29, 0.717) is 12.3 Å². The Bertz CT molecular complexity index is 238. The Morgan fingerprint density at radius 2 is 2.31 bits per heavy atom. The quantitative estimate of drug-likeness (QED) is 0.484. The lowest BCUT2D eigenvalue weighted by molar-refractivity contribution is -0.142. The van der Waals surface area contributed by atoms with E-state index in [1.807, 2.05) is 0 Å². The average Bonchev–Trinajstić information content (AvgIpc) is 2.24. The molecule has 74 valence electrons. The minimum absolute atomic E-state index is 0.0961. The van der Waals surface area contributed by atoms with E-state index in [1.54, 1.807) is 0 Å². The summed E-state index contributed by atoms with van der Waals surface area (Å²) in [6.07, 6.45) is 3.83. The van der Waals surface area contributed by atoms with Crippen LogP contribution >= 0.6 is 0 Å². The van der Waals surface area contributed by atoms with Gasteiger partial charge in [-0.2, -0.15) is 0 Å². The van der Waals surface area contributed by atoms with Gasteiger partial charge in [-0.05, 0) is 24.7 Å². The number of esters is 1. The summed E-state index contributed by atoms with van der Waals surface area (Å²) in [4.78, 5) is 11.1. The third-order valence-corrected chi connectivity index (χ3v) is 2.88. The molecule has 0 aromatic carbocycles. The van der Waals surface area contributed by atoms with Gasteiger partial charge in [0.15, 0.2) is 0 Å². The van der Waals surface area contributed by atoms with Crippen molar-refractivity contribution in [1.82, 2.24) is 0 Å². The summed E-state index contributed by atoms with van der Waals surface area (Å²) in [7, 11) is 1.45. The van der Waals surface area contributed by atoms with Gasteiger partial charge in [-0.15, -0.1) is 0 Å². The van der Waals surface area contributed by atoms with Crippen molar-refractivity contribution in [1.29, 1.82) is 0 Å². The van der Waals surface area contributed by atoms with Crippen molar-refractivity contribution in [3.63, 3.8) is 0 Å². The van der Waals surface area contributed by atoms with Crippen molar-refractivity contribution in [3.8, 4) is 0 Å². The Labute approximate surface area is 80.0 Å². The summed E-state index contributed by atoms with van der Waals surface area (Å²) >= 11 is 0. The van der Waals surface area contributed by atoms with Crippen LogP contribution in [0.5, 0.6) is 0 Å². The van der Waals surface area contributed by atoms with Gasteiger partial charge in [-0.1, -0.05) is 25.5 Å². The third-order valence-electron chi connectivity index (χ3n) is 2.88. The van der Waals surface area contributed by atoms with Crippen molar-refractivity contribution in [2.45, 2.75) is 33.6 Å². The van der Waals surface area contributed by atoms with Crippen molar-refractivity contribution in [2.75, 3.05) is 7.11 Å². The molecule has 0 saturated heterocycles. The molecule has 1 atom stereocenters. The van der Waals surface area contributed by atoms with E-state index in [-0.39, 0.29) is 11.4 Å². The highest BCUT2D eigenvalue weighted by molar-refractivity contribution is 5.69. The van der Waals surface area contributed by atoms with Crippen LogP contribution in [-0.4, -0.2) is 13.1 Å². The Morgan fingerprint density at radius 1 is 1.69 bits per heavy atom. The van der Waals surface area contributed by atoms with Crippen LogP contribution in [0.4, 0.5) is 0 Å². The fourth-order valence-corrected chi connectivity index (χ4v) is 2.08. The predicted molar refractivity (Wildman–Crippen MR) is 52.3 cm³/mol. The Hall–Kier alpha value is -0.790. The Morgan fingerprint density at radius 3 is 2.69 bits per heavy atom. The first kappa shape index (κ1) is 10.3. The number of carbonyl (C=O) groups is 1. The second kappa shape index (κ2) is 3.52. The van der Waals surface area contributed by atoms with Gasteiger partial charge in [0.1, 0.15) is 0 Å². The molecule has 0 N–H and O–H groups in total. The van der Waals surface area contributed by atoms with E-state index in [4.69, 9.17) is 0 Å². The van der Waals surface area contributed by atoms with Crippen molar-refractivity contribution in [3.05, 3.63) is 11.6 Å². The smallest absolute Gasteiger partial charge is 0.305 e. The van der Waals surface area contributed by atoms with Gasteiger partial charge >= 0.3 is 5.97 Å². The fourth-order valence-electron chi connectivity index (χ4n) is 2.08. The maximum atomic E-state index is 11.1. The zero-order valence-electron chi connectivity index (χ0n) is 8.89. The second-order valence-corrected chi connectivity index (χ2v) is 4.49. The summed E-state index contributed by atoms with van der Waals surface area (Å²) < 4.78 is 4.68. The van der Waals surface area contributed by atoms with Gasteiger partial charge in [0.2, 0.25) is 0 Å². The molecule has 1 rings (SSSR count). The molecule has 2 heteroatoms. The van der Waals surface area contributed by atoms with Crippen LogP contribution in [0.1, 0.15) is 33.6 Å². The summed E-state index contributed by atoms with van der Waals surface area (Å²) in [5.41, 5.74) is 1.54. The maximum Gasteiger partial charge on any atom is 0.305 e. The third kappa shape index (κ3) is 2.33. The van der Waals surface area contributed by atoms with Crippen LogP contribution in [0.3, 0.4) is 0 Å². The summed E-state index contributed by atoms with van der Waals surface area (Å²) in [5, 5.41) is 0. The van der Waals surface area contributed by atoms with Gasteiger partial charge < -0.3 is 4.74 Å². The average molecular weight is 182 g/mol. The van der Waals surface area contributed by atoms with Crippen molar-refractivity contribution < 1.29 is 9.53 Å². The number of methoxy groups -OCH3 is 1. The lowest BCUT2D eigenvalue weighted by Gasteiger charge is -2.24. The number of ether oxygens (including phenoxy) is 1. The van der Waals surface area contributed by atoms with Gasteiger partial charge in [-0.3, -0.25) is 4.79 Å². The predicted octanol–water partition coefficient (Wildman–Crippen LogP) is 2.54. The molecular formula is C11H18O2. The molecule has 13 heavy (non-hydrogen) atoms. The summed E-state index contributed by atoms with van der Waals surface area (Å²) in [6.45, 7) is 6.48. The summed E-state index contributed by atoms with van der Waals surface area (Å²) in [6, 6.07) is 0. The first-order valence-electron chi connectivity index (χ1n) is 4.71. The number of rotatable bonds is 2. The number of allylic oxidation sites excluding steroid dienone is 2. The molecule has 0 saturated carbocycles. The molecule has 0 aromatic rings. The molecule has 1 aliphatic carbocycles. The Kier molecular flexibility index (Phi) is 2.79. The number of carbonyl (C=O) groups excluding carboxylic acids is 1. The lowest BCUT2D eigenvalue weighted by Crippen LogP contribution is -2.21. The van der Waals surface area contributed by atoms with E-state index < -0.39 is 0 Å². The SMILES string of the molecule is COC(=O)C[C@H]1CC(C)=CC1(C)C. The van der Waals surface area contributed by atoms with Crippen LogP contribution in [0.15, 0.2) is 11.6 Å². The van der Waals surface area contributed by atoms with Gasteiger partial charge in [0.25, 0.3) is 0 Å². The van der Waals surface area contributed by atoms with Crippen LogP contribution in [0.25, 0.3) is 0 Å². The minimum atomic E-state index is -0.0961. The van der Waals surface area contributed by atoms with E-state index >= 15 is 0 Å². The standard InChI is InChI=1S/C11H18O2/c1-8-5-9(6-10(12)13-4)11(2,3)7-8/h7,9H,5-6H2,1-4H3/t9-/m1/s1. The van der Waals surface area contributed by atoms with Crippen LogP contribution < -0.4 is 0 Å². The Balaban J connectivity index is 2.60. The fraction of sp³-hybridized carbons (Fsp3) is 0.727. The molecule has 0 unspecified atom stereocenters. The molecule has 0 aliphatic heterocycles. The van der Waals surface area contributed by atoms with E-state index in [1.165, 1.54) is 12.7 Å². The molecule has 0 radical (unpaired) electrons. The summed E-state index contributed by atoms with van der Waals surface area (Å²) in [5.74, 6) is 0.320. The van der Waals surface area contributed by atoms with E-state index in [2.05, 4.69) is 31.6 Å². The molecule has 1 aliphatic rings. The molecule has 0 spiro atoms. The molecular weight excluding hydrogens is 164 g/mol. The highest BCUT2D eigenvalue weighted by Gasteiger charge is 2.34. The van der Waals surface area contributed by atoms with Crippen LogP contribution in [0, 0.1) is 11.3 Å². The van der Waals surface area contributed by atoms with E-state index in [9.17, 15) is 4.79 Å². The molecule has 0 bridgehead atoms. The monoisotopic (exact) mass is 182 g/mol. The maximum absolute atomic E-state index is 11.1. The minimum Gasteiger partial charge on any atom is -0.469 e. The van der Waals surface area contributed by atoms with Gasteiger partial charge in [0, 0.05) is 6.42 Å². The second-order valence-electron chi connectivity index (χ2n) is 4.49. The van der Waals surface area contributed by atoms with Gasteiger partial charge in [0.05, 0.1) is 7.11 Å². The van der Waals surface area contributed by atoms with Crippen molar-refractivity contribution in [2.24, 2.45) is 11.3 Å². The highest BCUT2D eigenvalue weighted by atomic mass is 16.5. The molecule has 0 fully saturated rings. The molecule has 0 amide bonds. The highest BCUT2D eigenvalue weighted by Crippen LogP contribution is 2.42. The lowest BCUT2D eigenvalue weighted by atomic mass is 9.80. The zero-order chi connectivity index (χ0) is 10.1. The topological polar surface area (TPSA) is 26.3 Å². The first-order chi connectivity index (χ1) is 5.95. The van der Waals surface area contributed by atoms with Crippen molar-refractivity contribution >= 4 is 5.97 Å². The number of hydrogen-bond donors (Lipinski definition) is 0. The largest absolute Gasteiger partial charge is 0.469 e. The molecule has 0 heterocycles. The van der Waals surface area contributed by atoms with E-state index in [0.717, 1.165) is 6.42 Å². The molecule has 0 aromatic heterocycles. The molecule has 2 nitrogen and oxygen atoms in total. The normalized spacial score (nSPS) is 25.5. The van der Waals surface area contributed by atoms with Gasteiger partial charge in [-0.25, -0.2) is 0 Å².